The van der Waals surface area contributed by atoms with E-state index < -0.39 is 5.41 Å². The third-order valence-electron chi connectivity index (χ3n) is 13.9. The average molecular weight is 754 g/mol. The van der Waals surface area contributed by atoms with Gasteiger partial charge in [0.25, 0.3) is 0 Å². The second-order valence-corrected chi connectivity index (χ2v) is 17.1. The predicted octanol–water partition coefficient (Wildman–Crippen LogP) is 15.2. The van der Waals surface area contributed by atoms with E-state index in [1.165, 1.54) is 88.1 Å². The number of anilines is 3. The zero-order chi connectivity index (χ0) is 39.3. The van der Waals surface area contributed by atoms with E-state index in [2.05, 4.69) is 225 Å². The topological polar surface area (TPSA) is 3.24 Å². The Morgan fingerprint density at radius 3 is 1.63 bits per heavy atom. The quantitative estimate of drug-likeness (QED) is 0.158. The van der Waals surface area contributed by atoms with Crippen molar-refractivity contribution in [2.45, 2.75) is 37.0 Å². The molecule has 1 heteroatoms. The highest BCUT2D eigenvalue weighted by molar-refractivity contribution is 6.25. The van der Waals surface area contributed by atoms with Gasteiger partial charge in [-0.25, -0.2) is 0 Å². The molecule has 0 bridgehead atoms. The smallest absolute Gasteiger partial charge is 0.0714 e. The molecule has 0 radical (unpaired) electrons. The summed E-state index contributed by atoms with van der Waals surface area (Å²) < 4.78 is 0. The molecule has 0 spiro atoms. The van der Waals surface area contributed by atoms with Crippen molar-refractivity contribution in [3.63, 3.8) is 0 Å². The number of hydrogen-bond donors (Lipinski definition) is 0. The van der Waals surface area contributed by atoms with Crippen LogP contribution < -0.4 is 4.90 Å². The minimum atomic E-state index is -0.496. The zero-order valence-corrected chi connectivity index (χ0v) is 33.4. The summed E-state index contributed by atoms with van der Waals surface area (Å²) in [6, 6.07) is 70.8. The Balaban J connectivity index is 1.15. The molecule has 3 aliphatic rings. The summed E-state index contributed by atoms with van der Waals surface area (Å²) in [5, 5.41) is 7.68. The first kappa shape index (κ1) is 34.1. The lowest BCUT2D eigenvalue weighted by molar-refractivity contribution is 0.612. The lowest BCUT2D eigenvalue weighted by Crippen LogP contribution is -2.28. The van der Waals surface area contributed by atoms with Gasteiger partial charge in [-0.3, -0.25) is 0 Å². The standard InChI is InChI=1S/C58H43N/c1-57(2)53-27-15-13-25-48(53)50-33-30-41(36-55(50)57)59(40-29-32-47-45-23-10-9-21-43(45)44-22-11-12-24-46(44)52(47)35-40)42-31-34-51-49-26-14-16-28-54(49)58(56(51)37-42,38-17-5-3-6-18-38)39-19-7-4-8-20-39/h3-24,26-37,48H,25H2,1-2H3. The van der Waals surface area contributed by atoms with Gasteiger partial charge in [0.2, 0.25) is 0 Å². The highest BCUT2D eigenvalue weighted by atomic mass is 15.1. The molecular weight excluding hydrogens is 711 g/mol. The van der Waals surface area contributed by atoms with Crippen LogP contribution in [0.15, 0.2) is 212 Å². The Hall–Kier alpha value is -6.96. The fraction of sp³-hybridized carbons (Fsp3) is 0.103. The van der Waals surface area contributed by atoms with Crippen molar-refractivity contribution in [2.75, 3.05) is 4.90 Å². The highest BCUT2D eigenvalue weighted by Gasteiger charge is 2.46. The number of nitrogens with zero attached hydrogens (tertiary/aromatic N) is 1. The summed E-state index contributed by atoms with van der Waals surface area (Å²) in [6.07, 6.45) is 8.01. The molecule has 9 aromatic carbocycles. The normalized spacial score (nSPS) is 16.7. The lowest BCUT2D eigenvalue weighted by atomic mass is 9.67. The molecule has 0 amide bonds. The van der Waals surface area contributed by atoms with Gasteiger partial charge >= 0.3 is 0 Å². The van der Waals surface area contributed by atoms with Crippen LogP contribution in [-0.2, 0) is 10.8 Å². The molecule has 0 aliphatic heterocycles. The van der Waals surface area contributed by atoms with Gasteiger partial charge in [-0.1, -0.05) is 189 Å². The van der Waals surface area contributed by atoms with Crippen molar-refractivity contribution in [3.05, 3.63) is 245 Å². The molecular formula is C58H43N. The number of hydrogen-bond acceptors (Lipinski definition) is 1. The Morgan fingerprint density at radius 1 is 0.441 bits per heavy atom. The molecule has 12 rings (SSSR count). The molecule has 9 aromatic rings. The number of benzene rings is 9. The van der Waals surface area contributed by atoms with Gasteiger partial charge in [-0.15, -0.1) is 0 Å². The Morgan fingerprint density at radius 2 is 0.949 bits per heavy atom. The van der Waals surface area contributed by atoms with Crippen molar-refractivity contribution in [2.24, 2.45) is 0 Å². The predicted molar refractivity (Wildman–Crippen MR) is 249 cm³/mol. The van der Waals surface area contributed by atoms with Crippen molar-refractivity contribution in [1.29, 1.82) is 0 Å². The number of allylic oxidation sites excluding steroid dienone is 4. The van der Waals surface area contributed by atoms with Gasteiger partial charge in [0, 0.05) is 28.4 Å². The molecule has 3 aliphatic carbocycles. The van der Waals surface area contributed by atoms with Crippen LogP contribution in [0.2, 0.25) is 0 Å². The minimum Gasteiger partial charge on any atom is -0.310 e. The van der Waals surface area contributed by atoms with Crippen LogP contribution in [0.1, 0.15) is 59.6 Å². The van der Waals surface area contributed by atoms with Crippen LogP contribution in [0.25, 0.3) is 43.4 Å². The largest absolute Gasteiger partial charge is 0.310 e. The van der Waals surface area contributed by atoms with Gasteiger partial charge < -0.3 is 4.90 Å². The van der Waals surface area contributed by atoms with E-state index in [-0.39, 0.29) is 5.41 Å². The fourth-order valence-corrected chi connectivity index (χ4v) is 11.3. The molecule has 1 atom stereocenters. The Kier molecular flexibility index (Phi) is 7.38. The summed E-state index contributed by atoms with van der Waals surface area (Å²) in [4.78, 5) is 2.53. The van der Waals surface area contributed by atoms with Crippen LogP contribution in [0, 0.1) is 0 Å². The lowest BCUT2D eigenvalue weighted by Gasteiger charge is -2.35. The SMILES string of the molecule is CC1(C)C2=CC=CCC2c2ccc(N(c3ccc4c(c3)C(c3ccccc3)(c3ccccc3)c3ccccc3-4)c3ccc4c5ccccc5c5ccccc5c4c3)cc21. The first-order chi connectivity index (χ1) is 29.0. The molecule has 0 heterocycles. The third-order valence-corrected chi connectivity index (χ3v) is 13.9. The van der Waals surface area contributed by atoms with E-state index in [1.807, 2.05) is 0 Å². The second kappa shape index (κ2) is 12.8. The highest BCUT2D eigenvalue weighted by Crippen LogP contribution is 2.58. The zero-order valence-electron chi connectivity index (χ0n) is 33.4. The maximum Gasteiger partial charge on any atom is 0.0714 e. The summed E-state index contributed by atoms with van der Waals surface area (Å²) in [7, 11) is 0. The van der Waals surface area contributed by atoms with Crippen LogP contribution in [0.4, 0.5) is 17.1 Å². The van der Waals surface area contributed by atoms with Gasteiger partial charge in [0.05, 0.1) is 5.41 Å². The second-order valence-electron chi connectivity index (χ2n) is 17.1. The summed E-state index contributed by atoms with van der Waals surface area (Å²) in [6.45, 7) is 4.83. The van der Waals surface area contributed by atoms with Crippen molar-refractivity contribution in [3.8, 4) is 11.1 Å². The van der Waals surface area contributed by atoms with Crippen molar-refractivity contribution >= 4 is 49.4 Å². The summed E-state index contributed by atoms with van der Waals surface area (Å²) in [5.74, 6) is 0.434. The van der Waals surface area contributed by atoms with Gasteiger partial charge in [-0.05, 0) is 120 Å². The van der Waals surface area contributed by atoms with E-state index in [1.54, 1.807) is 0 Å². The van der Waals surface area contributed by atoms with Crippen LogP contribution in [0.5, 0.6) is 0 Å². The Bertz CT molecular complexity index is 3150. The summed E-state index contributed by atoms with van der Waals surface area (Å²) >= 11 is 0. The van der Waals surface area contributed by atoms with Crippen molar-refractivity contribution in [1.82, 2.24) is 0 Å². The van der Waals surface area contributed by atoms with Gasteiger partial charge in [0.1, 0.15) is 0 Å². The van der Waals surface area contributed by atoms with E-state index in [0.29, 0.717) is 5.92 Å². The maximum atomic E-state index is 2.53. The molecule has 0 fully saturated rings. The van der Waals surface area contributed by atoms with Gasteiger partial charge in [0.15, 0.2) is 0 Å². The first-order valence-corrected chi connectivity index (χ1v) is 21.0. The van der Waals surface area contributed by atoms with E-state index >= 15 is 0 Å². The molecule has 59 heavy (non-hydrogen) atoms. The van der Waals surface area contributed by atoms with E-state index in [4.69, 9.17) is 0 Å². The number of rotatable bonds is 5. The van der Waals surface area contributed by atoms with Crippen LogP contribution >= 0.6 is 0 Å². The van der Waals surface area contributed by atoms with Crippen LogP contribution in [0.3, 0.4) is 0 Å². The minimum absolute atomic E-state index is 0.0692. The molecule has 1 nitrogen and oxygen atoms in total. The molecule has 0 saturated carbocycles. The molecule has 280 valence electrons. The van der Waals surface area contributed by atoms with Gasteiger partial charge in [-0.2, -0.15) is 0 Å². The summed E-state index contributed by atoms with van der Waals surface area (Å²) in [5.41, 5.74) is 15.1. The van der Waals surface area contributed by atoms with Crippen molar-refractivity contribution < 1.29 is 0 Å². The third kappa shape index (κ3) is 4.79. The monoisotopic (exact) mass is 753 g/mol. The fourth-order valence-electron chi connectivity index (χ4n) is 11.3. The van der Waals surface area contributed by atoms with E-state index in [9.17, 15) is 0 Å². The molecule has 0 aromatic heterocycles. The maximum absolute atomic E-state index is 2.53. The van der Waals surface area contributed by atoms with Crippen LogP contribution in [-0.4, -0.2) is 0 Å². The molecule has 1 unspecified atom stereocenters. The number of fused-ring (bicyclic) bond motifs is 12. The Labute approximate surface area is 346 Å². The van der Waals surface area contributed by atoms with E-state index in [0.717, 1.165) is 17.8 Å². The first-order valence-electron chi connectivity index (χ1n) is 21.0. The molecule has 0 saturated heterocycles. The molecule has 0 N–H and O–H groups in total. The average Bonchev–Trinajstić information content (AvgIpc) is 3.72.